The van der Waals surface area contributed by atoms with Gasteiger partial charge in [-0.25, -0.2) is 0 Å². The van der Waals surface area contributed by atoms with Crippen molar-refractivity contribution in [2.24, 2.45) is 0 Å². The number of benzene rings is 1. The van der Waals surface area contributed by atoms with Crippen molar-refractivity contribution >= 4 is 17.4 Å². The lowest BCUT2D eigenvalue weighted by Gasteiger charge is -2.12. The molecule has 0 unspecified atom stereocenters. The number of methoxy groups -OCH3 is 1. The Kier molecular flexibility index (Phi) is 4.74. The highest BCUT2D eigenvalue weighted by molar-refractivity contribution is 7.98. The van der Waals surface area contributed by atoms with Gasteiger partial charge in [0.2, 0.25) is 0 Å². The van der Waals surface area contributed by atoms with Gasteiger partial charge in [0, 0.05) is 17.6 Å². The molecule has 19 heavy (non-hydrogen) atoms. The third-order valence-electron chi connectivity index (χ3n) is 2.97. The maximum Gasteiger partial charge on any atom is 0.143 e. The van der Waals surface area contributed by atoms with Crippen LogP contribution >= 0.6 is 11.8 Å². The summed E-state index contributed by atoms with van der Waals surface area (Å²) < 4.78 is 7.40. The number of anilines is 1. The number of ether oxygens (including phenoxy) is 1. The van der Waals surface area contributed by atoms with Crippen LogP contribution in [0.4, 0.5) is 5.69 Å². The summed E-state index contributed by atoms with van der Waals surface area (Å²) >= 11 is 1.71. The second kappa shape index (κ2) is 6.52. The van der Waals surface area contributed by atoms with Crippen LogP contribution in [0.25, 0.3) is 0 Å². The maximum atomic E-state index is 5.42. The molecule has 2 aromatic rings. The lowest BCUT2D eigenvalue weighted by molar-refractivity contribution is 0.415. The zero-order chi connectivity index (χ0) is 13.7. The van der Waals surface area contributed by atoms with E-state index in [0.29, 0.717) is 0 Å². The predicted octanol–water partition coefficient (Wildman–Crippen LogP) is 3.25. The number of nitrogens with one attached hydrogen (secondary N) is 1. The van der Waals surface area contributed by atoms with Crippen molar-refractivity contribution in [3.05, 3.63) is 36.2 Å². The number of thioether (sulfide) groups is 1. The molecule has 0 amide bonds. The molecule has 4 nitrogen and oxygen atoms in total. The molecule has 0 bridgehead atoms. The van der Waals surface area contributed by atoms with Crippen molar-refractivity contribution in [2.45, 2.75) is 24.9 Å². The topological polar surface area (TPSA) is 39.1 Å². The molecular weight excluding hydrogens is 258 g/mol. The van der Waals surface area contributed by atoms with Gasteiger partial charge in [-0.1, -0.05) is 0 Å². The number of hydrogen-bond donors (Lipinski definition) is 1. The highest BCUT2D eigenvalue weighted by atomic mass is 32.2. The molecular formula is C14H19N3OS. The molecule has 0 aliphatic heterocycles. The Hall–Kier alpha value is -1.62. The van der Waals surface area contributed by atoms with E-state index in [1.807, 2.05) is 23.0 Å². The zero-order valence-corrected chi connectivity index (χ0v) is 12.3. The lowest BCUT2D eigenvalue weighted by atomic mass is 10.3. The summed E-state index contributed by atoms with van der Waals surface area (Å²) in [5.74, 6) is 0.870. The minimum absolute atomic E-state index is 0.739. The Morgan fingerprint density at radius 3 is 2.89 bits per heavy atom. The van der Waals surface area contributed by atoms with Gasteiger partial charge in [0.1, 0.15) is 5.75 Å². The molecule has 0 radical (unpaired) electrons. The van der Waals surface area contributed by atoms with Gasteiger partial charge < -0.3 is 10.1 Å². The summed E-state index contributed by atoms with van der Waals surface area (Å²) in [5.41, 5.74) is 2.17. The first-order valence-electron chi connectivity index (χ1n) is 6.25. The Balaban J connectivity index is 2.11. The average Bonchev–Trinajstić information content (AvgIpc) is 2.92. The van der Waals surface area contributed by atoms with Crippen LogP contribution in [0.1, 0.15) is 12.6 Å². The van der Waals surface area contributed by atoms with E-state index < -0.39 is 0 Å². The molecule has 0 aliphatic carbocycles. The molecule has 102 valence electrons. The average molecular weight is 277 g/mol. The molecule has 1 aromatic carbocycles. The molecule has 0 saturated carbocycles. The minimum atomic E-state index is 0.739. The fourth-order valence-corrected chi connectivity index (χ4v) is 2.35. The second-order valence-electron chi connectivity index (χ2n) is 4.06. The fraction of sp³-hybridized carbons (Fsp3) is 0.357. The van der Waals surface area contributed by atoms with E-state index in [9.17, 15) is 0 Å². The summed E-state index contributed by atoms with van der Waals surface area (Å²) in [4.78, 5) is 1.20. The first kappa shape index (κ1) is 13.8. The van der Waals surface area contributed by atoms with Crippen molar-refractivity contribution < 1.29 is 4.74 Å². The normalized spacial score (nSPS) is 10.5. The summed E-state index contributed by atoms with van der Waals surface area (Å²) in [7, 11) is 1.70. The molecule has 1 aromatic heterocycles. The molecule has 0 saturated heterocycles. The fourth-order valence-electron chi connectivity index (χ4n) is 1.93. The first-order chi connectivity index (χ1) is 9.28. The van der Waals surface area contributed by atoms with E-state index in [-0.39, 0.29) is 0 Å². The number of aromatic nitrogens is 2. The van der Waals surface area contributed by atoms with E-state index in [1.54, 1.807) is 18.9 Å². The van der Waals surface area contributed by atoms with Crippen LogP contribution in [0.5, 0.6) is 5.75 Å². The first-order valence-corrected chi connectivity index (χ1v) is 7.47. The Morgan fingerprint density at radius 1 is 1.37 bits per heavy atom. The highest BCUT2D eigenvalue weighted by Crippen LogP contribution is 2.29. The summed E-state index contributed by atoms with van der Waals surface area (Å²) in [6.07, 6.45) is 3.89. The Morgan fingerprint density at radius 2 is 2.21 bits per heavy atom. The monoisotopic (exact) mass is 277 g/mol. The molecule has 0 spiro atoms. The molecule has 0 aliphatic rings. The molecule has 0 fully saturated rings. The van der Waals surface area contributed by atoms with E-state index >= 15 is 0 Å². The smallest absolute Gasteiger partial charge is 0.143 e. The van der Waals surface area contributed by atoms with Gasteiger partial charge in [0.05, 0.1) is 25.0 Å². The van der Waals surface area contributed by atoms with Crippen molar-refractivity contribution in [1.82, 2.24) is 9.78 Å². The number of hydrogen-bond acceptors (Lipinski definition) is 4. The predicted molar refractivity (Wildman–Crippen MR) is 80.0 cm³/mol. The Bertz CT molecular complexity index is 539. The summed E-state index contributed by atoms with van der Waals surface area (Å²) in [6, 6.07) is 8.22. The van der Waals surface area contributed by atoms with Gasteiger partial charge in [-0.15, -0.1) is 11.8 Å². The van der Waals surface area contributed by atoms with E-state index in [1.165, 1.54) is 10.6 Å². The van der Waals surface area contributed by atoms with Gasteiger partial charge in [-0.3, -0.25) is 4.68 Å². The van der Waals surface area contributed by atoms with Crippen LogP contribution in [-0.2, 0) is 13.1 Å². The van der Waals surface area contributed by atoms with Gasteiger partial charge in [-0.2, -0.15) is 5.10 Å². The van der Waals surface area contributed by atoms with E-state index in [4.69, 9.17) is 4.74 Å². The van der Waals surface area contributed by atoms with Crippen molar-refractivity contribution in [1.29, 1.82) is 0 Å². The standard InChI is InChI=1S/C14H19N3OS/c1-4-17-11(7-8-16-17)10-15-13-6-5-12(19-3)9-14(13)18-2/h5-9,15H,4,10H2,1-3H3. The number of rotatable bonds is 6. The third kappa shape index (κ3) is 3.23. The van der Waals surface area contributed by atoms with Crippen LogP contribution in [-0.4, -0.2) is 23.1 Å². The van der Waals surface area contributed by atoms with Gasteiger partial charge in [-0.05, 0) is 37.4 Å². The largest absolute Gasteiger partial charge is 0.495 e. The number of aryl methyl sites for hydroxylation is 1. The molecule has 1 heterocycles. The molecule has 5 heteroatoms. The van der Waals surface area contributed by atoms with Crippen LogP contribution in [0.15, 0.2) is 35.4 Å². The summed E-state index contributed by atoms with van der Waals surface area (Å²) in [5, 5.41) is 7.66. The van der Waals surface area contributed by atoms with Gasteiger partial charge >= 0.3 is 0 Å². The molecule has 0 atom stereocenters. The SMILES string of the molecule is CCn1nccc1CNc1ccc(SC)cc1OC. The van der Waals surface area contributed by atoms with Crippen LogP contribution in [0.3, 0.4) is 0 Å². The van der Waals surface area contributed by atoms with Crippen molar-refractivity contribution in [3.8, 4) is 5.75 Å². The zero-order valence-electron chi connectivity index (χ0n) is 11.5. The molecule has 2 rings (SSSR count). The van der Waals surface area contributed by atoms with Crippen LogP contribution < -0.4 is 10.1 Å². The lowest BCUT2D eigenvalue weighted by Crippen LogP contribution is -2.08. The van der Waals surface area contributed by atoms with Crippen LogP contribution in [0.2, 0.25) is 0 Å². The minimum Gasteiger partial charge on any atom is -0.495 e. The maximum absolute atomic E-state index is 5.42. The van der Waals surface area contributed by atoms with Crippen molar-refractivity contribution in [3.63, 3.8) is 0 Å². The van der Waals surface area contributed by atoms with E-state index in [0.717, 1.165) is 24.5 Å². The quantitative estimate of drug-likeness (QED) is 0.823. The highest BCUT2D eigenvalue weighted by Gasteiger charge is 2.06. The van der Waals surface area contributed by atoms with E-state index in [2.05, 4.69) is 35.7 Å². The Labute approximate surface area is 118 Å². The van der Waals surface area contributed by atoms with Gasteiger partial charge in [0.25, 0.3) is 0 Å². The molecule has 1 N–H and O–H groups in total. The third-order valence-corrected chi connectivity index (χ3v) is 3.70. The second-order valence-corrected chi connectivity index (χ2v) is 4.94. The van der Waals surface area contributed by atoms with Gasteiger partial charge in [0.15, 0.2) is 0 Å². The number of nitrogens with zero attached hydrogens (tertiary/aromatic N) is 2. The van der Waals surface area contributed by atoms with Crippen LogP contribution in [0, 0.1) is 0 Å². The summed E-state index contributed by atoms with van der Waals surface area (Å²) in [6.45, 7) is 3.71. The van der Waals surface area contributed by atoms with Crippen molar-refractivity contribution in [2.75, 3.05) is 18.7 Å².